The van der Waals surface area contributed by atoms with Crippen LogP contribution in [0.25, 0.3) is 0 Å². The fraction of sp³-hybridized carbons (Fsp3) is 0.444. The summed E-state index contributed by atoms with van der Waals surface area (Å²) < 4.78 is 27.0. The van der Waals surface area contributed by atoms with Gasteiger partial charge in [-0.3, -0.25) is 4.99 Å². The number of aliphatic imine (C=N–C) groups is 1. The van der Waals surface area contributed by atoms with Gasteiger partial charge in [0, 0.05) is 44.2 Å². The SMILES string of the molecule is CCc1cnc(CCNC(=NC)NCCNS(=O)(=O)c2ccc(C)cc2)s1.I. The van der Waals surface area contributed by atoms with Crippen LogP contribution in [0.3, 0.4) is 0 Å². The van der Waals surface area contributed by atoms with E-state index in [0.717, 1.165) is 23.4 Å². The highest BCUT2D eigenvalue weighted by Gasteiger charge is 2.12. The number of aryl methyl sites for hydroxylation is 2. The zero-order valence-electron chi connectivity index (χ0n) is 16.4. The predicted octanol–water partition coefficient (Wildman–Crippen LogP) is 2.32. The van der Waals surface area contributed by atoms with E-state index in [-0.39, 0.29) is 35.4 Å². The van der Waals surface area contributed by atoms with Gasteiger partial charge in [0.1, 0.15) is 0 Å². The number of halogens is 1. The maximum atomic E-state index is 12.2. The molecule has 0 atom stereocenters. The second kappa shape index (κ2) is 12.3. The minimum absolute atomic E-state index is 0. The molecule has 7 nitrogen and oxygen atoms in total. The second-order valence-corrected chi connectivity index (χ2v) is 8.93. The number of aromatic nitrogens is 1. The van der Waals surface area contributed by atoms with Crippen molar-refractivity contribution < 1.29 is 8.42 Å². The van der Waals surface area contributed by atoms with Gasteiger partial charge < -0.3 is 10.6 Å². The zero-order valence-corrected chi connectivity index (χ0v) is 20.3. The molecule has 156 valence electrons. The lowest BCUT2D eigenvalue weighted by Crippen LogP contribution is -2.42. The predicted molar refractivity (Wildman–Crippen MR) is 126 cm³/mol. The molecular formula is C18H28IN5O2S2. The van der Waals surface area contributed by atoms with Crippen molar-refractivity contribution in [3.05, 3.63) is 45.9 Å². The summed E-state index contributed by atoms with van der Waals surface area (Å²) in [6, 6.07) is 6.78. The van der Waals surface area contributed by atoms with Crippen LogP contribution in [0.15, 0.2) is 40.4 Å². The summed E-state index contributed by atoms with van der Waals surface area (Å²) in [5.74, 6) is 0.636. The molecule has 10 heteroatoms. The number of nitrogens with zero attached hydrogens (tertiary/aromatic N) is 2. The molecule has 0 saturated heterocycles. The van der Waals surface area contributed by atoms with E-state index in [1.165, 1.54) is 4.88 Å². The third-order valence-corrected chi connectivity index (χ3v) is 6.52. The van der Waals surface area contributed by atoms with Gasteiger partial charge in [-0.2, -0.15) is 0 Å². The molecule has 1 heterocycles. The minimum atomic E-state index is -3.49. The Hall–Kier alpha value is -1.24. The Bertz CT molecular complexity index is 851. The number of benzene rings is 1. The molecule has 2 rings (SSSR count). The second-order valence-electron chi connectivity index (χ2n) is 5.96. The first-order valence-corrected chi connectivity index (χ1v) is 11.2. The van der Waals surface area contributed by atoms with Crippen LogP contribution in [0.1, 0.15) is 22.4 Å². The molecule has 0 radical (unpaired) electrons. The van der Waals surface area contributed by atoms with Crippen LogP contribution in [0.4, 0.5) is 0 Å². The van der Waals surface area contributed by atoms with Gasteiger partial charge in [0.15, 0.2) is 5.96 Å². The molecule has 1 aromatic carbocycles. The summed E-state index contributed by atoms with van der Waals surface area (Å²) in [5.41, 5.74) is 1.02. The third-order valence-electron chi connectivity index (χ3n) is 3.85. The topological polar surface area (TPSA) is 95.5 Å². The number of sulfonamides is 1. The molecule has 0 amide bonds. The number of hydrogen-bond acceptors (Lipinski definition) is 5. The first-order valence-electron chi connectivity index (χ1n) is 8.89. The maximum absolute atomic E-state index is 12.2. The van der Waals surface area contributed by atoms with E-state index in [4.69, 9.17) is 0 Å². The average Bonchev–Trinajstić information content (AvgIpc) is 3.12. The van der Waals surface area contributed by atoms with Crippen molar-refractivity contribution in [3.8, 4) is 0 Å². The lowest BCUT2D eigenvalue weighted by Gasteiger charge is -2.12. The molecular weight excluding hydrogens is 509 g/mol. The normalized spacial score (nSPS) is 11.8. The Morgan fingerprint density at radius 3 is 2.43 bits per heavy atom. The van der Waals surface area contributed by atoms with Crippen molar-refractivity contribution >= 4 is 51.3 Å². The van der Waals surface area contributed by atoms with Crippen LogP contribution >= 0.6 is 35.3 Å². The molecule has 2 aromatic rings. The molecule has 0 spiro atoms. The molecule has 0 saturated carbocycles. The van der Waals surface area contributed by atoms with Crippen LogP contribution in [0, 0.1) is 6.92 Å². The summed E-state index contributed by atoms with van der Waals surface area (Å²) in [7, 11) is -1.81. The lowest BCUT2D eigenvalue weighted by molar-refractivity contribution is 0.580. The van der Waals surface area contributed by atoms with E-state index in [2.05, 4.69) is 32.3 Å². The van der Waals surface area contributed by atoms with E-state index < -0.39 is 10.0 Å². The fourth-order valence-electron chi connectivity index (χ4n) is 2.30. The first-order chi connectivity index (χ1) is 12.9. The van der Waals surface area contributed by atoms with Crippen molar-refractivity contribution in [2.75, 3.05) is 26.7 Å². The molecule has 3 N–H and O–H groups in total. The van der Waals surface area contributed by atoms with Crippen molar-refractivity contribution in [2.45, 2.75) is 31.6 Å². The largest absolute Gasteiger partial charge is 0.356 e. The van der Waals surface area contributed by atoms with Crippen LogP contribution in [0.2, 0.25) is 0 Å². The monoisotopic (exact) mass is 537 g/mol. The van der Waals surface area contributed by atoms with Crippen LogP contribution in [0.5, 0.6) is 0 Å². The van der Waals surface area contributed by atoms with Gasteiger partial charge in [-0.25, -0.2) is 18.1 Å². The number of hydrogen-bond donors (Lipinski definition) is 3. The molecule has 0 fully saturated rings. The summed E-state index contributed by atoms with van der Waals surface area (Å²) >= 11 is 1.73. The molecule has 0 unspecified atom stereocenters. The molecule has 0 aliphatic rings. The van der Waals surface area contributed by atoms with E-state index >= 15 is 0 Å². The molecule has 0 aliphatic carbocycles. The standard InChI is InChI=1S/C18H27N5O2S2.HI/c1-4-15-13-22-17(26-15)9-10-20-18(19-3)21-11-12-23-27(24,25)16-7-5-14(2)6-8-16;/h5-8,13,23H,4,9-12H2,1-3H3,(H2,19,20,21);1H. The number of thiazole rings is 1. The fourth-order valence-corrected chi connectivity index (χ4v) is 4.20. The van der Waals surface area contributed by atoms with E-state index in [0.29, 0.717) is 19.0 Å². The summed E-state index contributed by atoms with van der Waals surface area (Å²) in [6.45, 7) is 5.45. The van der Waals surface area contributed by atoms with Gasteiger partial charge in [-0.05, 0) is 25.5 Å². The van der Waals surface area contributed by atoms with Crippen molar-refractivity contribution in [1.82, 2.24) is 20.3 Å². The Labute approximate surface area is 188 Å². The summed E-state index contributed by atoms with van der Waals surface area (Å²) in [6.07, 6.45) is 3.76. The van der Waals surface area contributed by atoms with Crippen LogP contribution in [-0.4, -0.2) is 46.0 Å². The van der Waals surface area contributed by atoms with Gasteiger partial charge in [0.05, 0.1) is 9.90 Å². The van der Waals surface area contributed by atoms with E-state index in [1.807, 2.05) is 13.1 Å². The number of rotatable bonds is 9. The Kier molecular flexibility index (Phi) is 10.9. The van der Waals surface area contributed by atoms with E-state index in [1.54, 1.807) is 42.6 Å². The lowest BCUT2D eigenvalue weighted by atomic mass is 10.2. The van der Waals surface area contributed by atoms with Gasteiger partial charge >= 0.3 is 0 Å². The average molecular weight is 537 g/mol. The van der Waals surface area contributed by atoms with Crippen molar-refractivity contribution in [2.24, 2.45) is 4.99 Å². The highest BCUT2D eigenvalue weighted by Crippen LogP contribution is 2.13. The Morgan fingerprint density at radius 1 is 1.14 bits per heavy atom. The number of nitrogens with one attached hydrogen (secondary N) is 3. The third kappa shape index (κ3) is 8.02. The Morgan fingerprint density at radius 2 is 1.82 bits per heavy atom. The smallest absolute Gasteiger partial charge is 0.240 e. The molecule has 0 aliphatic heterocycles. The highest BCUT2D eigenvalue weighted by molar-refractivity contribution is 14.0. The first kappa shape index (κ1) is 24.8. The molecule has 28 heavy (non-hydrogen) atoms. The minimum Gasteiger partial charge on any atom is -0.356 e. The highest BCUT2D eigenvalue weighted by atomic mass is 127. The van der Waals surface area contributed by atoms with Gasteiger partial charge in [-0.1, -0.05) is 24.6 Å². The van der Waals surface area contributed by atoms with Crippen LogP contribution < -0.4 is 15.4 Å². The zero-order chi connectivity index (χ0) is 19.7. The molecule has 0 bridgehead atoms. The van der Waals surface area contributed by atoms with E-state index in [9.17, 15) is 8.42 Å². The summed E-state index contributed by atoms with van der Waals surface area (Å²) in [5, 5.41) is 7.41. The Balaban J connectivity index is 0.00000392. The quantitative estimate of drug-likeness (QED) is 0.198. The van der Waals surface area contributed by atoms with Gasteiger partial charge in [-0.15, -0.1) is 35.3 Å². The summed E-state index contributed by atoms with van der Waals surface area (Å²) in [4.78, 5) is 10.1. The molecule has 1 aromatic heterocycles. The maximum Gasteiger partial charge on any atom is 0.240 e. The number of guanidine groups is 1. The van der Waals surface area contributed by atoms with Crippen LogP contribution in [-0.2, 0) is 22.9 Å². The van der Waals surface area contributed by atoms with Crippen molar-refractivity contribution in [1.29, 1.82) is 0 Å². The van der Waals surface area contributed by atoms with Gasteiger partial charge in [0.25, 0.3) is 0 Å². The van der Waals surface area contributed by atoms with Gasteiger partial charge in [0.2, 0.25) is 10.0 Å². The van der Waals surface area contributed by atoms with Crippen molar-refractivity contribution in [3.63, 3.8) is 0 Å².